The van der Waals surface area contributed by atoms with E-state index in [9.17, 15) is 14.8 Å². The van der Waals surface area contributed by atoms with Crippen molar-refractivity contribution in [3.63, 3.8) is 0 Å². The Morgan fingerprint density at radius 1 is 1.17 bits per heavy atom. The molecule has 124 valence electrons. The quantitative estimate of drug-likeness (QED) is 0.700. The topological polar surface area (TPSA) is 78.8 Å². The summed E-state index contributed by atoms with van der Waals surface area (Å²) < 4.78 is 5.62. The highest BCUT2D eigenvalue weighted by Crippen LogP contribution is 2.36. The Bertz CT molecular complexity index is 692. The number of para-hydroxylation sites is 1. The summed E-state index contributed by atoms with van der Waals surface area (Å²) in [6.07, 6.45) is 0.622. The van der Waals surface area contributed by atoms with Gasteiger partial charge in [0, 0.05) is 11.5 Å². The van der Waals surface area contributed by atoms with Crippen molar-refractivity contribution in [3.8, 4) is 5.75 Å². The lowest BCUT2D eigenvalue weighted by Gasteiger charge is -2.21. The number of amides is 1. The Kier molecular flexibility index (Phi) is 5.18. The number of fused-ring (bicyclic) bond motifs is 1. The monoisotopic (exact) mass is 325 g/mol. The first-order valence-corrected chi connectivity index (χ1v) is 8.04. The molecule has 2 aromatic rings. The van der Waals surface area contributed by atoms with E-state index in [4.69, 9.17) is 4.74 Å². The minimum atomic E-state index is -1.61. The molecular formula is C18H20BNO4. The van der Waals surface area contributed by atoms with Crippen LogP contribution >= 0.6 is 0 Å². The van der Waals surface area contributed by atoms with E-state index in [1.54, 1.807) is 0 Å². The van der Waals surface area contributed by atoms with Crippen LogP contribution in [-0.4, -0.2) is 35.6 Å². The fourth-order valence-electron chi connectivity index (χ4n) is 3.03. The van der Waals surface area contributed by atoms with E-state index in [0.717, 1.165) is 16.9 Å². The third-order valence-electron chi connectivity index (χ3n) is 4.25. The molecule has 3 rings (SSSR count). The second kappa shape index (κ2) is 7.51. The first-order chi connectivity index (χ1) is 11.6. The second-order valence-electron chi connectivity index (χ2n) is 6.03. The van der Waals surface area contributed by atoms with Gasteiger partial charge in [-0.1, -0.05) is 48.5 Å². The number of hydrogen-bond acceptors (Lipinski definition) is 4. The van der Waals surface area contributed by atoms with Crippen molar-refractivity contribution >= 4 is 13.0 Å². The molecule has 0 saturated heterocycles. The zero-order valence-corrected chi connectivity index (χ0v) is 13.3. The molecule has 0 aromatic heterocycles. The third-order valence-corrected chi connectivity index (χ3v) is 4.25. The maximum absolute atomic E-state index is 12.2. The van der Waals surface area contributed by atoms with Gasteiger partial charge in [0.05, 0.1) is 19.0 Å². The lowest BCUT2D eigenvalue weighted by Crippen LogP contribution is -2.47. The van der Waals surface area contributed by atoms with Gasteiger partial charge in [0.1, 0.15) is 5.75 Å². The van der Waals surface area contributed by atoms with E-state index in [-0.39, 0.29) is 18.2 Å². The van der Waals surface area contributed by atoms with E-state index in [1.165, 1.54) is 0 Å². The second-order valence-corrected chi connectivity index (χ2v) is 6.03. The van der Waals surface area contributed by atoms with Crippen LogP contribution in [0, 0.1) is 0 Å². The molecule has 2 unspecified atom stereocenters. The summed E-state index contributed by atoms with van der Waals surface area (Å²) in [4.78, 5) is 12.2. The van der Waals surface area contributed by atoms with Gasteiger partial charge in [0.2, 0.25) is 5.91 Å². The fraction of sp³-hybridized carbons (Fsp3) is 0.278. The van der Waals surface area contributed by atoms with Crippen molar-refractivity contribution in [1.82, 2.24) is 5.32 Å². The predicted molar refractivity (Wildman–Crippen MR) is 91.6 cm³/mol. The molecule has 0 fully saturated rings. The van der Waals surface area contributed by atoms with Crippen LogP contribution in [0.15, 0.2) is 54.6 Å². The molecule has 0 saturated carbocycles. The number of carbonyl (C=O) groups is 1. The summed E-state index contributed by atoms with van der Waals surface area (Å²) in [5.74, 6) is -0.109. The van der Waals surface area contributed by atoms with Crippen LogP contribution < -0.4 is 10.1 Å². The number of benzene rings is 2. The highest BCUT2D eigenvalue weighted by molar-refractivity contribution is 6.43. The van der Waals surface area contributed by atoms with Gasteiger partial charge < -0.3 is 20.1 Å². The number of carbonyl (C=O) groups excluding carboxylic acids is 1. The minimum absolute atomic E-state index is 0.0324. The molecule has 0 radical (unpaired) electrons. The van der Waals surface area contributed by atoms with Crippen molar-refractivity contribution in [3.05, 3.63) is 65.7 Å². The van der Waals surface area contributed by atoms with Crippen LogP contribution in [0.3, 0.4) is 0 Å². The fourth-order valence-corrected chi connectivity index (χ4v) is 3.03. The van der Waals surface area contributed by atoms with E-state index >= 15 is 0 Å². The van der Waals surface area contributed by atoms with Gasteiger partial charge in [0.15, 0.2) is 0 Å². The lowest BCUT2D eigenvalue weighted by atomic mass is 9.73. The minimum Gasteiger partial charge on any atom is -0.493 e. The number of rotatable bonds is 6. The largest absolute Gasteiger partial charge is 0.493 e. The summed E-state index contributed by atoms with van der Waals surface area (Å²) in [7, 11) is -1.61. The van der Waals surface area contributed by atoms with Crippen molar-refractivity contribution in [2.45, 2.75) is 24.7 Å². The molecule has 5 nitrogen and oxygen atoms in total. The van der Waals surface area contributed by atoms with Gasteiger partial charge in [-0.25, -0.2) is 0 Å². The Labute approximate surface area is 141 Å². The first-order valence-electron chi connectivity index (χ1n) is 8.04. The van der Waals surface area contributed by atoms with Gasteiger partial charge in [-0.2, -0.15) is 0 Å². The molecule has 2 atom stereocenters. The Morgan fingerprint density at radius 3 is 2.62 bits per heavy atom. The summed E-state index contributed by atoms with van der Waals surface area (Å²) in [5.41, 5.74) is 1.93. The van der Waals surface area contributed by atoms with E-state index in [1.807, 2.05) is 54.6 Å². The molecule has 0 aliphatic carbocycles. The van der Waals surface area contributed by atoms with Gasteiger partial charge in [-0.3, -0.25) is 4.79 Å². The highest BCUT2D eigenvalue weighted by Gasteiger charge is 2.32. The number of ether oxygens (including phenoxy) is 1. The van der Waals surface area contributed by atoms with Crippen LogP contribution in [0.25, 0.3) is 0 Å². The normalized spacial score (nSPS) is 16.8. The Morgan fingerprint density at radius 2 is 1.88 bits per heavy atom. The average Bonchev–Trinajstić information content (AvgIpc) is 2.98. The van der Waals surface area contributed by atoms with Crippen LogP contribution in [0.2, 0.25) is 0 Å². The molecule has 24 heavy (non-hydrogen) atoms. The smallest absolute Gasteiger partial charge is 0.475 e. The zero-order valence-electron chi connectivity index (χ0n) is 13.3. The van der Waals surface area contributed by atoms with Crippen LogP contribution in [0.1, 0.15) is 23.5 Å². The number of hydrogen-bond donors (Lipinski definition) is 3. The molecule has 0 bridgehead atoms. The van der Waals surface area contributed by atoms with Crippen LogP contribution in [-0.2, 0) is 11.2 Å². The summed E-state index contributed by atoms with van der Waals surface area (Å²) in [5, 5.41) is 22.0. The molecule has 6 heteroatoms. The van der Waals surface area contributed by atoms with E-state index < -0.39 is 13.1 Å². The first kappa shape index (κ1) is 16.5. The Balaban J connectivity index is 1.62. The maximum Gasteiger partial charge on any atom is 0.475 e. The molecule has 1 amide bonds. The van der Waals surface area contributed by atoms with Crippen molar-refractivity contribution in [2.75, 3.05) is 6.61 Å². The zero-order chi connectivity index (χ0) is 16.9. The molecule has 1 aliphatic heterocycles. The lowest BCUT2D eigenvalue weighted by molar-refractivity contribution is -0.120. The van der Waals surface area contributed by atoms with Crippen LogP contribution in [0.4, 0.5) is 0 Å². The Hall–Kier alpha value is -2.31. The van der Waals surface area contributed by atoms with Crippen LogP contribution in [0.5, 0.6) is 5.75 Å². The molecule has 2 aromatic carbocycles. The van der Waals surface area contributed by atoms with E-state index in [2.05, 4.69) is 5.32 Å². The SMILES string of the molecule is O=C(Cc1ccccc1)NC(CC1COc2ccccc21)B(O)O. The molecule has 1 heterocycles. The standard InChI is InChI=1S/C18H20BNO4/c21-18(10-13-6-2-1-3-7-13)20-17(19(22)23)11-14-12-24-16-9-5-4-8-15(14)16/h1-9,14,17,22-23H,10-12H2,(H,20,21). The molecule has 3 N–H and O–H groups in total. The van der Waals surface area contributed by atoms with E-state index in [0.29, 0.717) is 13.0 Å². The van der Waals surface area contributed by atoms with Crippen molar-refractivity contribution in [1.29, 1.82) is 0 Å². The van der Waals surface area contributed by atoms with Gasteiger partial charge in [0.25, 0.3) is 0 Å². The predicted octanol–water partition coefficient (Wildman–Crippen LogP) is 1.29. The van der Waals surface area contributed by atoms with Gasteiger partial charge in [-0.05, 0) is 18.1 Å². The van der Waals surface area contributed by atoms with Gasteiger partial charge in [-0.15, -0.1) is 0 Å². The maximum atomic E-state index is 12.2. The molecular weight excluding hydrogens is 305 g/mol. The van der Waals surface area contributed by atoms with Gasteiger partial charge >= 0.3 is 7.12 Å². The van der Waals surface area contributed by atoms with Crippen molar-refractivity contribution in [2.24, 2.45) is 0 Å². The summed E-state index contributed by atoms with van der Waals surface area (Å²) in [6.45, 7) is 0.483. The summed E-state index contributed by atoms with van der Waals surface area (Å²) >= 11 is 0. The summed E-state index contributed by atoms with van der Waals surface area (Å²) in [6, 6.07) is 17.1. The number of nitrogens with one attached hydrogen (secondary N) is 1. The van der Waals surface area contributed by atoms with Crippen molar-refractivity contribution < 1.29 is 19.6 Å². The molecule has 0 spiro atoms. The third kappa shape index (κ3) is 3.96. The highest BCUT2D eigenvalue weighted by atomic mass is 16.5. The molecule has 1 aliphatic rings. The average molecular weight is 325 g/mol.